The van der Waals surface area contributed by atoms with Gasteiger partial charge in [-0.2, -0.15) is 5.10 Å². The minimum Gasteiger partial charge on any atom is -0.495 e. The first-order valence-electron chi connectivity index (χ1n) is 11.7. The molecule has 0 spiro atoms. The predicted octanol–water partition coefficient (Wildman–Crippen LogP) is 4.56. The first-order chi connectivity index (χ1) is 17.9. The number of piperazine rings is 1. The van der Waals surface area contributed by atoms with Crippen molar-refractivity contribution in [2.75, 3.05) is 38.2 Å². The monoisotopic (exact) mass is 501 g/mol. The molecule has 0 N–H and O–H groups in total. The summed E-state index contributed by atoms with van der Waals surface area (Å²) in [6, 6.07) is 21.1. The van der Waals surface area contributed by atoms with Crippen LogP contribution in [0.3, 0.4) is 0 Å². The van der Waals surface area contributed by atoms with E-state index >= 15 is 0 Å². The third-order valence-electron chi connectivity index (χ3n) is 6.37. The van der Waals surface area contributed by atoms with E-state index in [1.807, 2.05) is 24.3 Å². The van der Waals surface area contributed by atoms with Crippen LogP contribution in [-0.4, -0.2) is 58.8 Å². The van der Waals surface area contributed by atoms with Gasteiger partial charge in [0.1, 0.15) is 17.3 Å². The molecule has 188 valence electrons. The zero-order valence-electron chi connectivity index (χ0n) is 20.1. The second-order valence-corrected chi connectivity index (χ2v) is 8.56. The maximum Gasteiger partial charge on any atom is 0.272 e. The molecule has 1 aliphatic rings. The molecule has 0 radical (unpaired) electrons. The summed E-state index contributed by atoms with van der Waals surface area (Å²) in [5, 5.41) is 15.6. The normalized spacial score (nSPS) is 13.5. The topological polar surface area (TPSA) is 93.7 Å². The second-order valence-electron chi connectivity index (χ2n) is 8.56. The molecule has 0 atom stereocenters. The Morgan fingerprint density at radius 2 is 1.65 bits per heavy atom. The number of rotatable bonds is 6. The Balaban J connectivity index is 1.43. The van der Waals surface area contributed by atoms with E-state index < -0.39 is 10.7 Å². The quantitative estimate of drug-likeness (QED) is 0.284. The number of carbonyl (C=O) groups is 1. The maximum atomic E-state index is 13.7. The summed E-state index contributed by atoms with van der Waals surface area (Å²) < 4.78 is 20.6. The van der Waals surface area contributed by atoms with Crippen LogP contribution < -0.4 is 9.64 Å². The highest BCUT2D eigenvalue weighted by Crippen LogP contribution is 2.29. The zero-order chi connectivity index (χ0) is 25.9. The molecule has 1 aromatic heterocycles. The van der Waals surface area contributed by atoms with Gasteiger partial charge in [-0.3, -0.25) is 14.9 Å². The standard InChI is InChI=1S/C27H24FN5O4/c1-37-26-5-3-2-4-24(26)30-14-16-31(17-15-30)27(34)25-18-23(19-6-10-22(11-7-19)33(35)36)29-32(25)21-12-8-20(28)9-13-21/h2-13,18H,14-17H2,1H3. The Bertz CT molecular complexity index is 1430. The maximum absolute atomic E-state index is 13.7. The average Bonchev–Trinajstić information content (AvgIpc) is 3.38. The van der Waals surface area contributed by atoms with Crippen LogP contribution in [0, 0.1) is 15.9 Å². The smallest absolute Gasteiger partial charge is 0.272 e. The van der Waals surface area contributed by atoms with E-state index in [0.717, 1.165) is 11.4 Å². The lowest BCUT2D eigenvalue weighted by molar-refractivity contribution is -0.384. The number of methoxy groups -OCH3 is 1. The average molecular weight is 502 g/mol. The third-order valence-corrected chi connectivity index (χ3v) is 6.37. The van der Waals surface area contributed by atoms with E-state index in [9.17, 15) is 19.3 Å². The molecule has 3 aromatic carbocycles. The summed E-state index contributed by atoms with van der Waals surface area (Å²) in [4.78, 5) is 28.2. The fourth-order valence-electron chi connectivity index (χ4n) is 4.41. The van der Waals surface area contributed by atoms with Gasteiger partial charge in [0, 0.05) is 43.9 Å². The molecule has 5 rings (SSSR count). The molecule has 9 nitrogen and oxygen atoms in total. The van der Waals surface area contributed by atoms with Crippen LogP contribution in [-0.2, 0) is 0 Å². The van der Waals surface area contributed by atoms with E-state index in [-0.39, 0.29) is 11.6 Å². The Labute approximate surface area is 212 Å². The van der Waals surface area contributed by atoms with Crippen molar-refractivity contribution in [1.29, 1.82) is 0 Å². The highest BCUT2D eigenvalue weighted by atomic mass is 19.1. The number of hydrogen-bond acceptors (Lipinski definition) is 6. The molecule has 10 heteroatoms. The van der Waals surface area contributed by atoms with Crippen molar-refractivity contribution < 1.29 is 18.8 Å². The van der Waals surface area contributed by atoms with Gasteiger partial charge in [0.15, 0.2) is 0 Å². The van der Waals surface area contributed by atoms with Crippen LogP contribution in [0.4, 0.5) is 15.8 Å². The number of para-hydroxylation sites is 2. The molecule has 1 aliphatic heterocycles. The Morgan fingerprint density at radius 3 is 2.30 bits per heavy atom. The number of aromatic nitrogens is 2. The highest BCUT2D eigenvalue weighted by molar-refractivity contribution is 5.94. The lowest BCUT2D eigenvalue weighted by Crippen LogP contribution is -2.49. The van der Waals surface area contributed by atoms with Crippen LogP contribution in [0.1, 0.15) is 10.5 Å². The minimum atomic E-state index is -0.472. The fraction of sp³-hybridized carbons (Fsp3) is 0.185. The van der Waals surface area contributed by atoms with Gasteiger partial charge in [0.05, 0.1) is 29.1 Å². The Kier molecular flexibility index (Phi) is 6.55. The third kappa shape index (κ3) is 4.86. The van der Waals surface area contributed by atoms with Gasteiger partial charge in [-0.1, -0.05) is 12.1 Å². The van der Waals surface area contributed by atoms with Crippen molar-refractivity contribution in [3.8, 4) is 22.7 Å². The molecular formula is C27H24FN5O4. The number of carbonyl (C=O) groups excluding carboxylic acids is 1. The minimum absolute atomic E-state index is 0.0362. The van der Waals surface area contributed by atoms with E-state index in [2.05, 4.69) is 10.00 Å². The fourth-order valence-corrected chi connectivity index (χ4v) is 4.41. The van der Waals surface area contributed by atoms with Crippen LogP contribution in [0.15, 0.2) is 78.9 Å². The number of ether oxygens (including phenoxy) is 1. The van der Waals surface area contributed by atoms with Crippen LogP contribution in [0.25, 0.3) is 16.9 Å². The van der Waals surface area contributed by atoms with E-state index in [0.29, 0.717) is 48.8 Å². The molecule has 0 aliphatic carbocycles. The molecule has 1 amide bonds. The molecule has 2 heterocycles. The van der Waals surface area contributed by atoms with Crippen molar-refractivity contribution in [2.24, 2.45) is 0 Å². The number of hydrogen-bond donors (Lipinski definition) is 0. The molecule has 1 fully saturated rings. The number of amides is 1. The largest absolute Gasteiger partial charge is 0.495 e. The summed E-state index contributed by atoms with van der Waals surface area (Å²) in [6.45, 7) is 2.26. The Morgan fingerprint density at radius 1 is 0.973 bits per heavy atom. The molecule has 0 bridgehead atoms. The number of benzene rings is 3. The molecule has 37 heavy (non-hydrogen) atoms. The summed E-state index contributed by atoms with van der Waals surface area (Å²) in [5.41, 5.74) is 2.91. The number of nitro benzene ring substituents is 1. The van der Waals surface area contributed by atoms with E-state index in [1.54, 1.807) is 42.3 Å². The number of halogens is 1. The molecule has 0 saturated carbocycles. The van der Waals surface area contributed by atoms with Crippen LogP contribution >= 0.6 is 0 Å². The first-order valence-corrected chi connectivity index (χ1v) is 11.7. The molecule has 0 unspecified atom stereocenters. The molecule has 1 saturated heterocycles. The van der Waals surface area contributed by atoms with Crippen molar-refractivity contribution in [3.05, 3.63) is 100 Å². The number of non-ortho nitro benzene ring substituents is 1. The van der Waals surface area contributed by atoms with Crippen LogP contribution in [0.5, 0.6) is 5.75 Å². The van der Waals surface area contributed by atoms with Crippen molar-refractivity contribution in [1.82, 2.24) is 14.7 Å². The lowest BCUT2D eigenvalue weighted by atomic mass is 10.1. The Hall–Kier alpha value is -4.73. The van der Waals surface area contributed by atoms with E-state index in [1.165, 1.54) is 28.9 Å². The van der Waals surface area contributed by atoms with Crippen molar-refractivity contribution in [3.63, 3.8) is 0 Å². The van der Waals surface area contributed by atoms with Gasteiger partial charge < -0.3 is 14.5 Å². The van der Waals surface area contributed by atoms with Crippen molar-refractivity contribution in [2.45, 2.75) is 0 Å². The van der Waals surface area contributed by atoms with Crippen LogP contribution in [0.2, 0.25) is 0 Å². The van der Waals surface area contributed by atoms with Gasteiger partial charge >= 0.3 is 0 Å². The van der Waals surface area contributed by atoms with Gasteiger partial charge in [0.25, 0.3) is 11.6 Å². The zero-order valence-corrected chi connectivity index (χ0v) is 20.1. The van der Waals surface area contributed by atoms with Gasteiger partial charge in [-0.05, 0) is 54.6 Å². The summed E-state index contributed by atoms with van der Waals surface area (Å²) in [7, 11) is 1.64. The van der Waals surface area contributed by atoms with E-state index in [4.69, 9.17) is 4.74 Å². The van der Waals surface area contributed by atoms with Gasteiger partial charge in [-0.15, -0.1) is 0 Å². The number of anilines is 1. The predicted molar refractivity (Wildman–Crippen MR) is 137 cm³/mol. The second kappa shape index (κ2) is 10.1. The number of nitro groups is 1. The summed E-state index contributed by atoms with van der Waals surface area (Å²) in [6.07, 6.45) is 0. The first kappa shape index (κ1) is 24.0. The lowest BCUT2D eigenvalue weighted by Gasteiger charge is -2.36. The number of nitrogens with zero attached hydrogens (tertiary/aromatic N) is 5. The van der Waals surface area contributed by atoms with Gasteiger partial charge in [-0.25, -0.2) is 9.07 Å². The molecular weight excluding hydrogens is 477 g/mol. The summed E-state index contributed by atoms with van der Waals surface area (Å²) in [5.74, 6) is 0.181. The molecule has 4 aromatic rings. The van der Waals surface area contributed by atoms with Gasteiger partial charge in [0.2, 0.25) is 0 Å². The summed E-state index contributed by atoms with van der Waals surface area (Å²) >= 11 is 0. The van der Waals surface area contributed by atoms with Crippen molar-refractivity contribution >= 4 is 17.3 Å². The SMILES string of the molecule is COc1ccccc1N1CCN(C(=O)c2cc(-c3ccc([N+](=O)[O-])cc3)nn2-c2ccc(F)cc2)CC1. The highest BCUT2D eigenvalue weighted by Gasteiger charge is 2.27.